The van der Waals surface area contributed by atoms with Crippen LogP contribution < -0.4 is 5.63 Å². The number of rotatable bonds is 3. The van der Waals surface area contributed by atoms with Crippen molar-refractivity contribution in [3.63, 3.8) is 0 Å². The number of carbonyl (C=O) groups is 1. The Morgan fingerprint density at radius 1 is 1.00 bits per heavy atom. The molecule has 2 aliphatic heterocycles. The third kappa shape index (κ3) is 4.00. The predicted molar refractivity (Wildman–Crippen MR) is 110 cm³/mol. The van der Waals surface area contributed by atoms with Crippen LogP contribution in [0.5, 0.6) is 0 Å². The van der Waals surface area contributed by atoms with E-state index in [2.05, 4.69) is 22.8 Å². The van der Waals surface area contributed by atoms with Gasteiger partial charge in [0.05, 0.1) is 0 Å². The molecule has 0 spiro atoms. The lowest BCUT2D eigenvalue weighted by Crippen LogP contribution is -2.44. The first kappa shape index (κ1) is 19.2. The van der Waals surface area contributed by atoms with Gasteiger partial charge in [-0.2, -0.15) is 0 Å². The second-order valence-corrected chi connectivity index (χ2v) is 8.46. The zero-order valence-corrected chi connectivity index (χ0v) is 17.0. The van der Waals surface area contributed by atoms with Crippen LogP contribution in [0.25, 0.3) is 11.0 Å². The molecule has 5 heteroatoms. The van der Waals surface area contributed by atoms with Crippen molar-refractivity contribution in [2.24, 2.45) is 5.92 Å². The highest BCUT2D eigenvalue weighted by molar-refractivity contribution is 5.82. The van der Waals surface area contributed by atoms with Crippen molar-refractivity contribution in [3.05, 3.63) is 45.3 Å². The first-order valence-electron chi connectivity index (χ1n) is 10.6. The van der Waals surface area contributed by atoms with E-state index in [1.165, 1.54) is 12.0 Å². The Balaban J connectivity index is 1.44. The van der Waals surface area contributed by atoms with Gasteiger partial charge in [0.2, 0.25) is 5.91 Å². The molecule has 3 heterocycles. The van der Waals surface area contributed by atoms with Gasteiger partial charge in [0, 0.05) is 37.0 Å². The minimum absolute atomic E-state index is 0.164. The Morgan fingerprint density at radius 2 is 1.68 bits per heavy atom. The standard InChI is InChI=1S/C23H30N2O3/c1-16-12-20-19(14-22(26)28-21(20)13-17(16)2)15-24-10-6-18(7-11-24)23(27)25-8-4-3-5-9-25/h12-14,18H,3-11,15H2,1-2H3. The smallest absolute Gasteiger partial charge is 0.336 e. The predicted octanol–water partition coefficient (Wildman–Crippen LogP) is 3.63. The van der Waals surface area contributed by atoms with Crippen LogP contribution in [0, 0.1) is 19.8 Å². The summed E-state index contributed by atoms with van der Waals surface area (Å²) < 4.78 is 5.42. The normalized spacial score (nSPS) is 19.3. The van der Waals surface area contributed by atoms with Crippen molar-refractivity contribution in [2.75, 3.05) is 26.2 Å². The fraction of sp³-hybridized carbons (Fsp3) is 0.565. The molecule has 28 heavy (non-hydrogen) atoms. The number of nitrogens with zero attached hydrogens (tertiary/aromatic N) is 2. The summed E-state index contributed by atoms with van der Waals surface area (Å²) >= 11 is 0. The number of benzene rings is 1. The van der Waals surface area contributed by atoms with Crippen molar-refractivity contribution >= 4 is 16.9 Å². The van der Waals surface area contributed by atoms with Gasteiger partial charge in [0.25, 0.3) is 0 Å². The van der Waals surface area contributed by atoms with Crippen molar-refractivity contribution < 1.29 is 9.21 Å². The summed E-state index contributed by atoms with van der Waals surface area (Å²) in [7, 11) is 0. The number of carbonyl (C=O) groups excluding carboxylic acids is 1. The van der Waals surface area contributed by atoms with Crippen LogP contribution in [-0.4, -0.2) is 41.9 Å². The maximum atomic E-state index is 12.8. The number of aryl methyl sites for hydroxylation is 2. The van der Waals surface area contributed by atoms with Gasteiger partial charge in [0.15, 0.2) is 0 Å². The summed E-state index contributed by atoms with van der Waals surface area (Å²) in [6.45, 7) is 8.52. The summed E-state index contributed by atoms with van der Waals surface area (Å²) in [4.78, 5) is 29.2. The molecular formula is C23H30N2O3. The first-order valence-corrected chi connectivity index (χ1v) is 10.6. The van der Waals surface area contributed by atoms with E-state index in [9.17, 15) is 9.59 Å². The molecule has 150 valence electrons. The van der Waals surface area contributed by atoms with Crippen molar-refractivity contribution in [3.8, 4) is 0 Å². The molecular weight excluding hydrogens is 352 g/mol. The molecule has 1 amide bonds. The molecule has 0 radical (unpaired) electrons. The average Bonchev–Trinajstić information content (AvgIpc) is 2.70. The van der Waals surface area contributed by atoms with Crippen LogP contribution in [0.3, 0.4) is 0 Å². The minimum Gasteiger partial charge on any atom is -0.423 e. The number of hydrogen-bond acceptors (Lipinski definition) is 4. The van der Waals surface area contributed by atoms with Gasteiger partial charge in [-0.3, -0.25) is 9.69 Å². The molecule has 0 aliphatic carbocycles. The maximum absolute atomic E-state index is 12.8. The second kappa shape index (κ2) is 8.08. The molecule has 1 aromatic carbocycles. The molecule has 0 N–H and O–H groups in total. The van der Waals surface area contributed by atoms with Crippen LogP contribution in [-0.2, 0) is 11.3 Å². The molecule has 0 unspecified atom stereocenters. The van der Waals surface area contributed by atoms with Crippen LogP contribution in [0.2, 0.25) is 0 Å². The average molecular weight is 383 g/mol. The van der Waals surface area contributed by atoms with Gasteiger partial charge in [0.1, 0.15) is 5.58 Å². The molecule has 2 aliphatic rings. The summed E-state index contributed by atoms with van der Waals surface area (Å²) in [6.07, 6.45) is 5.36. The molecule has 0 saturated carbocycles. The zero-order valence-electron chi connectivity index (χ0n) is 17.0. The number of hydrogen-bond donors (Lipinski definition) is 0. The number of likely N-dealkylation sites (tertiary alicyclic amines) is 2. The van der Waals surface area contributed by atoms with Gasteiger partial charge >= 0.3 is 5.63 Å². The summed E-state index contributed by atoms with van der Waals surface area (Å²) in [5.74, 6) is 0.521. The zero-order chi connectivity index (χ0) is 19.7. The molecule has 4 rings (SSSR count). The third-order valence-electron chi connectivity index (χ3n) is 6.44. The van der Waals surface area contributed by atoms with E-state index in [1.54, 1.807) is 6.07 Å². The van der Waals surface area contributed by atoms with Gasteiger partial charge in [-0.25, -0.2) is 4.79 Å². The fourth-order valence-electron chi connectivity index (χ4n) is 4.57. The summed E-state index contributed by atoms with van der Waals surface area (Å²) in [5, 5.41) is 1.02. The molecule has 2 saturated heterocycles. The van der Waals surface area contributed by atoms with E-state index in [4.69, 9.17) is 4.42 Å². The molecule has 0 atom stereocenters. The monoisotopic (exact) mass is 382 g/mol. The highest BCUT2D eigenvalue weighted by Gasteiger charge is 2.29. The number of piperidine rings is 2. The Labute approximate surface area is 166 Å². The van der Waals surface area contributed by atoms with E-state index in [1.807, 2.05) is 13.0 Å². The molecule has 5 nitrogen and oxygen atoms in total. The molecule has 2 aromatic rings. The molecule has 2 fully saturated rings. The van der Waals surface area contributed by atoms with Crippen molar-refractivity contribution in [2.45, 2.75) is 52.5 Å². The van der Waals surface area contributed by atoms with Crippen LogP contribution in [0.4, 0.5) is 0 Å². The Bertz CT molecular complexity index is 919. The van der Waals surface area contributed by atoms with Gasteiger partial charge in [-0.05, 0) is 87.9 Å². The second-order valence-electron chi connectivity index (χ2n) is 8.46. The highest BCUT2D eigenvalue weighted by atomic mass is 16.4. The fourth-order valence-corrected chi connectivity index (χ4v) is 4.57. The topological polar surface area (TPSA) is 53.8 Å². The van der Waals surface area contributed by atoms with E-state index >= 15 is 0 Å². The maximum Gasteiger partial charge on any atom is 0.336 e. The molecule has 0 bridgehead atoms. The van der Waals surface area contributed by atoms with Crippen LogP contribution >= 0.6 is 0 Å². The lowest BCUT2D eigenvalue weighted by Gasteiger charge is -2.35. The highest BCUT2D eigenvalue weighted by Crippen LogP contribution is 2.26. The summed E-state index contributed by atoms with van der Waals surface area (Å²) in [6, 6.07) is 5.71. The van der Waals surface area contributed by atoms with E-state index in [-0.39, 0.29) is 11.5 Å². The Kier molecular flexibility index (Phi) is 5.54. The number of fused-ring (bicyclic) bond motifs is 1. The first-order chi connectivity index (χ1) is 13.5. The Hall–Kier alpha value is -2.14. The quantitative estimate of drug-likeness (QED) is 0.761. The molecule has 1 aromatic heterocycles. The SMILES string of the molecule is Cc1cc2oc(=O)cc(CN3CCC(C(=O)N4CCCCC4)CC3)c2cc1C. The van der Waals surface area contributed by atoms with Gasteiger partial charge < -0.3 is 9.32 Å². The number of amides is 1. The van der Waals surface area contributed by atoms with Crippen molar-refractivity contribution in [1.29, 1.82) is 0 Å². The van der Waals surface area contributed by atoms with E-state index < -0.39 is 0 Å². The lowest BCUT2D eigenvalue weighted by molar-refractivity contribution is -0.138. The van der Waals surface area contributed by atoms with E-state index in [0.717, 1.165) is 74.9 Å². The van der Waals surface area contributed by atoms with Crippen molar-refractivity contribution in [1.82, 2.24) is 9.80 Å². The van der Waals surface area contributed by atoms with Gasteiger partial charge in [-0.15, -0.1) is 0 Å². The minimum atomic E-state index is -0.291. The largest absolute Gasteiger partial charge is 0.423 e. The lowest BCUT2D eigenvalue weighted by atomic mass is 9.94. The van der Waals surface area contributed by atoms with Gasteiger partial charge in [-0.1, -0.05) is 0 Å². The Morgan fingerprint density at radius 3 is 2.39 bits per heavy atom. The van der Waals surface area contributed by atoms with Crippen LogP contribution in [0.15, 0.2) is 27.4 Å². The third-order valence-corrected chi connectivity index (χ3v) is 6.44. The van der Waals surface area contributed by atoms with Crippen LogP contribution in [0.1, 0.15) is 48.8 Å². The summed E-state index contributed by atoms with van der Waals surface area (Å²) in [5.41, 5.74) is 3.73. The van der Waals surface area contributed by atoms with E-state index in [0.29, 0.717) is 11.5 Å².